The highest BCUT2D eigenvalue weighted by atomic mass is 16.5. The lowest BCUT2D eigenvalue weighted by atomic mass is 10.1. The number of para-hydroxylation sites is 2. The Morgan fingerprint density at radius 2 is 1.63 bits per heavy atom. The van der Waals surface area contributed by atoms with Crippen molar-refractivity contribution in [2.45, 2.75) is 39.4 Å². The van der Waals surface area contributed by atoms with E-state index in [0.717, 1.165) is 10.8 Å². The van der Waals surface area contributed by atoms with Crippen molar-refractivity contribution in [3.63, 3.8) is 0 Å². The lowest BCUT2D eigenvalue weighted by molar-refractivity contribution is -0.122. The second-order valence-corrected chi connectivity index (χ2v) is 6.68. The first-order valence-electron chi connectivity index (χ1n) is 9.29. The number of benzene rings is 3. The lowest BCUT2D eigenvalue weighted by Gasteiger charge is -2.19. The summed E-state index contributed by atoms with van der Waals surface area (Å²) in [5.74, 6) is 1.15. The molecular formula is C23H25NO3. The molecule has 140 valence electrons. The van der Waals surface area contributed by atoms with E-state index >= 15 is 0 Å². The van der Waals surface area contributed by atoms with E-state index in [9.17, 15) is 4.79 Å². The third kappa shape index (κ3) is 4.79. The Hall–Kier alpha value is -3.01. The van der Waals surface area contributed by atoms with Crippen LogP contribution in [-0.2, 0) is 4.79 Å². The van der Waals surface area contributed by atoms with Gasteiger partial charge in [0.05, 0.1) is 11.8 Å². The van der Waals surface area contributed by atoms with Gasteiger partial charge in [-0.1, -0.05) is 49.4 Å². The van der Waals surface area contributed by atoms with Crippen LogP contribution in [0.4, 0.5) is 5.69 Å². The maximum Gasteiger partial charge on any atom is 0.265 e. The highest BCUT2D eigenvalue weighted by molar-refractivity contribution is 5.95. The average molecular weight is 363 g/mol. The third-order valence-corrected chi connectivity index (χ3v) is 4.17. The van der Waals surface area contributed by atoms with E-state index in [4.69, 9.17) is 9.47 Å². The molecule has 4 heteroatoms. The Kier molecular flexibility index (Phi) is 5.97. The van der Waals surface area contributed by atoms with Crippen LogP contribution in [0.1, 0.15) is 27.2 Å². The normalized spacial score (nSPS) is 12.0. The fraction of sp³-hybridized carbons (Fsp3) is 0.261. The van der Waals surface area contributed by atoms with Gasteiger partial charge < -0.3 is 14.8 Å². The van der Waals surface area contributed by atoms with Crippen molar-refractivity contribution in [2.24, 2.45) is 0 Å². The van der Waals surface area contributed by atoms with Gasteiger partial charge in [-0.05, 0) is 55.3 Å². The molecule has 0 fully saturated rings. The Bertz CT molecular complexity index is 920. The number of carbonyl (C=O) groups excluding carboxylic acids is 1. The monoisotopic (exact) mass is 363 g/mol. The number of ether oxygens (including phenoxy) is 2. The molecule has 3 rings (SSSR count). The van der Waals surface area contributed by atoms with Crippen LogP contribution >= 0.6 is 0 Å². The first kappa shape index (κ1) is 18.8. The molecule has 3 aromatic rings. The molecule has 0 aromatic heterocycles. The van der Waals surface area contributed by atoms with Crippen LogP contribution in [0.2, 0.25) is 0 Å². The van der Waals surface area contributed by atoms with Crippen molar-refractivity contribution < 1.29 is 14.3 Å². The predicted molar refractivity (Wildman–Crippen MR) is 109 cm³/mol. The summed E-state index contributed by atoms with van der Waals surface area (Å²) in [5.41, 5.74) is 0.650. The summed E-state index contributed by atoms with van der Waals surface area (Å²) in [6.07, 6.45) is 0.00317. The topological polar surface area (TPSA) is 47.6 Å². The van der Waals surface area contributed by atoms with Crippen LogP contribution in [0.3, 0.4) is 0 Å². The van der Waals surface area contributed by atoms with Gasteiger partial charge in [-0.3, -0.25) is 4.79 Å². The molecule has 1 atom stereocenters. The van der Waals surface area contributed by atoms with Crippen molar-refractivity contribution in [3.8, 4) is 11.5 Å². The molecule has 0 spiro atoms. The molecule has 0 bridgehead atoms. The second-order valence-electron chi connectivity index (χ2n) is 6.68. The van der Waals surface area contributed by atoms with E-state index < -0.39 is 6.10 Å². The van der Waals surface area contributed by atoms with Gasteiger partial charge in [-0.15, -0.1) is 0 Å². The molecule has 0 aliphatic heterocycles. The van der Waals surface area contributed by atoms with Gasteiger partial charge in [0, 0.05) is 0 Å². The molecule has 0 aliphatic rings. The van der Waals surface area contributed by atoms with Gasteiger partial charge in [0.1, 0.15) is 11.5 Å². The summed E-state index contributed by atoms with van der Waals surface area (Å²) in [5, 5.41) is 5.16. The Morgan fingerprint density at radius 1 is 0.926 bits per heavy atom. The number of nitrogens with one attached hydrogen (secondary N) is 1. The number of carbonyl (C=O) groups is 1. The number of fused-ring (bicyclic) bond motifs is 1. The van der Waals surface area contributed by atoms with Gasteiger partial charge in [0.15, 0.2) is 6.10 Å². The first-order valence-corrected chi connectivity index (χ1v) is 9.29. The molecule has 0 aliphatic carbocycles. The van der Waals surface area contributed by atoms with Gasteiger partial charge >= 0.3 is 0 Å². The summed E-state index contributed by atoms with van der Waals surface area (Å²) >= 11 is 0. The van der Waals surface area contributed by atoms with Crippen LogP contribution in [-0.4, -0.2) is 18.1 Å². The van der Waals surface area contributed by atoms with Crippen LogP contribution in [0.5, 0.6) is 11.5 Å². The van der Waals surface area contributed by atoms with Crippen molar-refractivity contribution in [1.82, 2.24) is 0 Å². The van der Waals surface area contributed by atoms with Crippen molar-refractivity contribution >= 4 is 22.4 Å². The summed E-state index contributed by atoms with van der Waals surface area (Å²) in [6.45, 7) is 5.84. The molecule has 0 radical (unpaired) electrons. The molecule has 1 N–H and O–H groups in total. The number of amides is 1. The van der Waals surface area contributed by atoms with Crippen molar-refractivity contribution in [3.05, 3.63) is 66.7 Å². The largest absolute Gasteiger partial charge is 0.489 e. The van der Waals surface area contributed by atoms with Crippen LogP contribution < -0.4 is 14.8 Å². The fourth-order valence-electron chi connectivity index (χ4n) is 2.87. The van der Waals surface area contributed by atoms with Gasteiger partial charge in [0.25, 0.3) is 5.91 Å². The minimum Gasteiger partial charge on any atom is -0.489 e. The summed E-state index contributed by atoms with van der Waals surface area (Å²) in [4.78, 5) is 12.8. The van der Waals surface area contributed by atoms with Crippen LogP contribution in [0.25, 0.3) is 10.8 Å². The van der Waals surface area contributed by atoms with Gasteiger partial charge in [-0.2, -0.15) is 0 Å². The zero-order valence-corrected chi connectivity index (χ0v) is 15.9. The predicted octanol–water partition coefficient (Wildman–Crippen LogP) is 5.42. The number of hydrogen-bond donors (Lipinski definition) is 1. The average Bonchev–Trinajstić information content (AvgIpc) is 2.67. The number of hydrogen-bond acceptors (Lipinski definition) is 3. The number of rotatable bonds is 7. The van der Waals surface area contributed by atoms with Crippen LogP contribution in [0, 0.1) is 0 Å². The SMILES string of the molecule is CCC(Oc1ccc2ccccc2c1)C(=O)Nc1ccccc1OC(C)C. The smallest absolute Gasteiger partial charge is 0.265 e. The van der Waals surface area contributed by atoms with Crippen molar-refractivity contribution in [1.29, 1.82) is 0 Å². The van der Waals surface area contributed by atoms with E-state index in [2.05, 4.69) is 11.4 Å². The van der Waals surface area contributed by atoms with E-state index in [1.165, 1.54) is 0 Å². The summed E-state index contributed by atoms with van der Waals surface area (Å²) in [6, 6.07) is 21.4. The highest BCUT2D eigenvalue weighted by Gasteiger charge is 2.20. The summed E-state index contributed by atoms with van der Waals surface area (Å²) in [7, 11) is 0. The third-order valence-electron chi connectivity index (χ3n) is 4.17. The Labute approximate surface area is 160 Å². The van der Waals surface area contributed by atoms with E-state index in [-0.39, 0.29) is 12.0 Å². The van der Waals surface area contributed by atoms with E-state index in [0.29, 0.717) is 23.6 Å². The molecule has 4 nitrogen and oxygen atoms in total. The Morgan fingerprint density at radius 3 is 2.37 bits per heavy atom. The molecule has 0 heterocycles. The zero-order chi connectivity index (χ0) is 19.2. The van der Waals surface area contributed by atoms with E-state index in [1.807, 2.05) is 81.4 Å². The minimum absolute atomic E-state index is 0.0267. The zero-order valence-electron chi connectivity index (χ0n) is 15.9. The molecule has 27 heavy (non-hydrogen) atoms. The van der Waals surface area contributed by atoms with Gasteiger partial charge in [0.2, 0.25) is 0 Å². The molecular weight excluding hydrogens is 338 g/mol. The summed E-state index contributed by atoms with van der Waals surface area (Å²) < 4.78 is 11.7. The molecule has 0 saturated carbocycles. The quantitative estimate of drug-likeness (QED) is 0.609. The second kappa shape index (κ2) is 8.58. The maximum atomic E-state index is 12.8. The Balaban J connectivity index is 1.74. The van der Waals surface area contributed by atoms with Crippen molar-refractivity contribution in [2.75, 3.05) is 5.32 Å². The van der Waals surface area contributed by atoms with Crippen LogP contribution in [0.15, 0.2) is 66.7 Å². The molecule has 1 unspecified atom stereocenters. The maximum absolute atomic E-state index is 12.8. The molecule has 1 amide bonds. The highest BCUT2D eigenvalue weighted by Crippen LogP contribution is 2.26. The minimum atomic E-state index is -0.585. The lowest BCUT2D eigenvalue weighted by Crippen LogP contribution is -2.32. The first-order chi connectivity index (χ1) is 13.1. The molecule has 0 saturated heterocycles. The molecule has 3 aromatic carbocycles. The van der Waals surface area contributed by atoms with E-state index in [1.54, 1.807) is 0 Å². The van der Waals surface area contributed by atoms with Gasteiger partial charge in [-0.25, -0.2) is 0 Å². The number of anilines is 1. The fourth-order valence-corrected chi connectivity index (χ4v) is 2.87. The standard InChI is InChI=1S/C23H25NO3/c1-4-21(27-19-14-13-17-9-5-6-10-18(17)15-19)23(25)24-20-11-7-8-12-22(20)26-16(2)3/h5-16,21H,4H2,1-3H3,(H,24,25).